The standard InChI is InChI=1S/C23H24FN7O3/c1-14(32)25-7-8-31(19-9-16(33-3)10-20(34-4)22(19)24)21-6-5-17-23(29-21)28-18(12-26-17)15-11-27-30(2)13-15/h5-6,9-13H,7-8H2,1-4H3,(H,25,32). The zero-order chi connectivity index (χ0) is 24.2. The number of benzene rings is 1. The van der Waals surface area contributed by atoms with Gasteiger partial charge < -0.3 is 19.7 Å². The lowest BCUT2D eigenvalue weighted by molar-refractivity contribution is -0.118. The molecule has 0 aliphatic rings. The second-order valence-electron chi connectivity index (χ2n) is 7.47. The van der Waals surface area contributed by atoms with E-state index < -0.39 is 5.82 Å². The number of carbonyl (C=O) groups is 1. The molecule has 3 heterocycles. The molecule has 0 radical (unpaired) electrons. The molecule has 3 aromatic heterocycles. The van der Waals surface area contributed by atoms with Gasteiger partial charge in [-0.15, -0.1) is 0 Å². The zero-order valence-electron chi connectivity index (χ0n) is 19.2. The maximum Gasteiger partial charge on any atom is 0.216 e. The Morgan fingerprint density at radius 3 is 2.68 bits per heavy atom. The molecule has 0 aliphatic heterocycles. The SMILES string of the molecule is COc1cc(OC)c(F)c(N(CCNC(C)=O)c2ccc3ncc(-c4cnn(C)c4)nc3n2)c1. The number of hydrogen-bond acceptors (Lipinski definition) is 8. The number of hydrogen-bond donors (Lipinski definition) is 1. The molecule has 4 aromatic rings. The number of aryl methyl sites for hydroxylation is 1. The van der Waals surface area contributed by atoms with E-state index >= 15 is 4.39 Å². The van der Waals surface area contributed by atoms with Gasteiger partial charge in [0.2, 0.25) is 5.91 Å². The van der Waals surface area contributed by atoms with Crippen molar-refractivity contribution in [1.29, 1.82) is 0 Å². The lowest BCUT2D eigenvalue weighted by Crippen LogP contribution is -2.32. The summed E-state index contributed by atoms with van der Waals surface area (Å²) in [7, 11) is 4.69. The maximum atomic E-state index is 15.3. The van der Waals surface area contributed by atoms with E-state index in [0.29, 0.717) is 28.4 Å². The quantitative estimate of drug-likeness (QED) is 0.423. The van der Waals surface area contributed by atoms with Crippen molar-refractivity contribution in [3.05, 3.63) is 48.7 Å². The Morgan fingerprint density at radius 2 is 2.00 bits per heavy atom. The number of halogens is 1. The second-order valence-corrected chi connectivity index (χ2v) is 7.47. The van der Waals surface area contributed by atoms with Crippen molar-refractivity contribution < 1.29 is 18.7 Å². The number of pyridine rings is 1. The molecule has 0 bridgehead atoms. The molecule has 34 heavy (non-hydrogen) atoms. The predicted molar refractivity (Wildman–Crippen MR) is 125 cm³/mol. The van der Waals surface area contributed by atoms with E-state index in [1.807, 2.05) is 13.2 Å². The molecule has 1 N–H and O–H groups in total. The molecule has 10 nitrogen and oxygen atoms in total. The van der Waals surface area contributed by atoms with Crippen molar-refractivity contribution in [2.45, 2.75) is 6.92 Å². The summed E-state index contributed by atoms with van der Waals surface area (Å²) in [5.74, 6) is 0.0885. The molecule has 0 spiro atoms. The highest BCUT2D eigenvalue weighted by molar-refractivity contribution is 5.77. The zero-order valence-corrected chi connectivity index (χ0v) is 19.2. The number of carbonyl (C=O) groups excluding carboxylic acids is 1. The number of anilines is 2. The fraction of sp³-hybridized carbons (Fsp3) is 0.261. The average Bonchev–Trinajstić information content (AvgIpc) is 3.27. The van der Waals surface area contributed by atoms with Gasteiger partial charge in [0.15, 0.2) is 17.2 Å². The smallest absolute Gasteiger partial charge is 0.216 e. The summed E-state index contributed by atoms with van der Waals surface area (Å²) >= 11 is 0. The Labute approximate surface area is 195 Å². The van der Waals surface area contributed by atoms with Crippen LogP contribution in [-0.4, -0.2) is 57.9 Å². The lowest BCUT2D eigenvalue weighted by atomic mass is 10.2. The molecule has 11 heteroatoms. The van der Waals surface area contributed by atoms with Gasteiger partial charge >= 0.3 is 0 Å². The van der Waals surface area contributed by atoms with Gasteiger partial charge in [-0.05, 0) is 12.1 Å². The van der Waals surface area contributed by atoms with Gasteiger partial charge in [-0.25, -0.2) is 14.4 Å². The number of ether oxygens (including phenoxy) is 2. The third-order valence-electron chi connectivity index (χ3n) is 5.12. The lowest BCUT2D eigenvalue weighted by Gasteiger charge is -2.25. The minimum Gasteiger partial charge on any atom is -0.497 e. The van der Waals surface area contributed by atoms with E-state index in [2.05, 4.69) is 25.4 Å². The molecular formula is C23H24FN7O3. The minimum atomic E-state index is -0.580. The molecule has 0 saturated heterocycles. The first kappa shape index (κ1) is 22.9. The van der Waals surface area contributed by atoms with Crippen LogP contribution >= 0.6 is 0 Å². The fourth-order valence-electron chi connectivity index (χ4n) is 3.45. The first-order chi connectivity index (χ1) is 16.4. The number of rotatable bonds is 8. The van der Waals surface area contributed by atoms with Crippen LogP contribution in [0.25, 0.3) is 22.4 Å². The molecule has 0 saturated carbocycles. The summed E-state index contributed by atoms with van der Waals surface area (Å²) in [5.41, 5.74) is 2.57. The van der Waals surface area contributed by atoms with E-state index in [1.165, 1.54) is 27.2 Å². The van der Waals surface area contributed by atoms with Crippen molar-refractivity contribution in [3.8, 4) is 22.8 Å². The van der Waals surface area contributed by atoms with Crippen molar-refractivity contribution in [2.24, 2.45) is 7.05 Å². The van der Waals surface area contributed by atoms with Gasteiger partial charge in [0, 0.05) is 51.0 Å². The highest BCUT2D eigenvalue weighted by Gasteiger charge is 2.21. The normalized spacial score (nSPS) is 10.9. The Hall–Kier alpha value is -4.28. The Kier molecular flexibility index (Phi) is 6.53. The highest BCUT2D eigenvalue weighted by Crippen LogP contribution is 2.36. The van der Waals surface area contributed by atoms with Crippen LogP contribution in [0, 0.1) is 5.82 Å². The van der Waals surface area contributed by atoms with Crippen molar-refractivity contribution >= 4 is 28.6 Å². The summed E-state index contributed by atoms with van der Waals surface area (Å²) in [6, 6.07) is 6.50. The topological polar surface area (TPSA) is 107 Å². The number of aromatic nitrogens is 5. The van der Waals surface area contributed by atoms with Crippen molar-refractivity contribution in [3.63, 3.8) is 0 Å². The van der Waals surface area contributed by atoms with Gasteiger partial charge in [-0.2, -0.15) is 5.10 Å². The summed E-state index contributed by atoms with van der Waals surface area (Å²) in [4.78, 5) is 26.8. The summed E-state index contributed by atoms with van der Waals surface area (Å²) in [5, 5.41) is 6.90. The minimum absolute atomic E-state index is 0.0262. The first-order valence-corrected chi connectivity index (χ1v) is 10.5. The van der Waals surface area contributed by atoms with E-state index in [4.69, 9.17) is 9.47 Å². The first-order valence-electron chi connectivity index (χ1n) is 10.5. The number of methoxy groups -OCH3 is 2. The molecule has 4 rings (SSSR count). The Morgan fingerprint density at radius 1 is 1.18 bits per heavy atom. The number of nitrogens with zero attached hydrogens (tertiary/aromatic N) is 6. The summed E-state index contributed by atoms with van der Waals surface area (Å²) < 4.78 is 27.5. The fourth-order valence-corrected chi connectivity index (χ4v) is 3.45. The highest BCUT2D eigenvalue weighted by atomic mass is 19.1. The van der Waals surface area contributed by atoms with E-state index in [1.54, 1.807) is 40.2 Å². The number of amides is 1. The molecule has 1 aromatic carbocycles. The average molecular weight is 465 g/mol. The van der Waals surface area contributed by atoms with Crippen molar-refractivity contribution in [1.82, 2.24) is 30.0 Å². The molecule has 0 atom stereocenters. The number of fused-ring (bicyclic) bond motifs is 1. The largest absolute Gasteiger partial charge is 0.497 e. The molecule has 176 valence electrons. The van der Waals surface area contributed by atoms with Crippen LogP contribution in [0.5, 0.6) is 11.5 Å². The molecule has 0 unspecified atom stereocenters. The third kappa shape index (κ3) is 4.72. The predicted octanol–water partition coefficient (Wildman–Crippen LogP) is 2.86. The van der Waals surface area contributed by atoms with Crippen LogP contribution in [0.3, 0.4) is 0 Å². The maximum absolute atomic E-state index is 15.3. The van der Waals surface area contributed by atoms with Gasteiger partial charge in [0.25, 0.3) is 0 Å². The van der Waals surface area contributed by atoms with Crippen LogP contribution in [0.15, 0.2) is 42.9 Å². The van der Waals surface area contributed by atoms with Crippen LogP contribution in [0.1, 0.15) is 6.92 Å². The third-order valence-corrected chi connectivity index (χ3v) is 5.12. The van der Waals surface area contributed by atoms with Gasteiger partial charge in [0.1, 0.15) is 17.1 Å². The number of nitrogens with one attached hydrogen (secondary N) is 1. The second kappa shape index (κ2) is 9.69. The van der Waals surface area contributed by atoms with Gasteiger partial charge in [0.05, 0.1) is 38.0 Å². The monoisotopic (exact) mass is 465 g/mol. The summed E-state index contributed by atoms with van der Waals surface area (Å²) in [6.45, 7) is 1.92. The van der Waals surface area contributed by atoms with Crippen LogP contribution in [0.2, 0.25) is 0 Å². The molecule has 0 fully saturated rings. The molecule has 1 amide bonds. The molecular weight excluding hydrogens is 441 g/mol. The van der Waals surface area contributed by atoms with Gasteiger partial charge in [-0.1, -0.05) is 0 Å². The van der Waals surface area contributed by atoms with Gasteiger partial charge in [-0.3, -0.25) is 14.5 Å². The van der Waals surface area contributed by atoms with E-state index in [0.717, 1.165) is 5.56 Å². The Bertz CT molecular complexity index is 1340. The molecule has 0 aliphatic carbocycles. The van der Waals surface area contributed by atoms with E-state index in [9.17, 15) is 4.79 Å². The van der Waals surface area contributed by atoms with Crippen molar-refractivity contribution in [2.75, 3.05) is 32.2 Å². The van der Waals surface area contributed by atoms with Crippen LogP contribution in [0.4, 0.5) is 15.9 Å². The summed E-state index contributed by atoms with van der Waals surface area (Å²) in [6.07, 6.45) is 5.18. The van der Waals surface area contributed by atoms with E-state index in [-0.39, 0.29) is 30.4 Å². The van der Waals surface area contributed by atoms with Crippen LogP contribution in [-0.2, 0) is 11.8 Å². The Balaban J connectivity index is 1.81. The van der Waals surface area contributed by atoms with Crippen LogP contribution < -0.4 is 19.7 Å².